The Hall–Kier alpha value is -4.03. The van der Waals surface area contributed by atoms with Gasteiger partial charge < -0.3 is 30.1 Å². The second kappa shape index (κ2) is 10.1. The van der Waals surface area contributed by atoms with Gasteiger partial charge in [-0.3, -0.25) is 14.4 Å². The van der Waals surface area contributed by atoms with Gasteiger partial charge in [-0.15, -0.1) is 5.10 Å². The molecule has 1 spiro atoms. The third-order valence-corrected chi connectivity index (χ3v) is 8.94. The Labute approximate surface area is 237 Å². The van der Waals surface area contributed by atoms with E-state index in [0.717, 1.165) is 5.52 Å². The largest absolute Gasteiger partial charge is 0.494 e. The highest BCUT2D eigenvalue weighted by Gasteiger charge is 2.79. The summed E-state index contributed by atoms with van der Waals surface area (Å²) in [5.74, 6) is -2.27. The number of amides is 3. The van der Waals surface area contributed by atoms with Gasteiger partial charge in [-0.2, -0.15) is 0 Å². The number of carbonyl (C=O) groups excluding carboxylic acids is 3. The number of nitrogens with zero attached hydrogens (tertiary/aromatic N) is 4. The Morgan fingerprint density at radius 2 is 1.93 bits per heavy atom. The smallest absolute Gasteiger partial charge is 0.247 e. The highest BCUT2D eigenvalue weighted by Crippen LogP contribution is 2.65. The van der Waals surface area contributed by atoms with Crippen molar-refractivity contribution < 1.29 is 29.0 Å². The van der Waals surface area contributed by atoms with E-state index in [1.165, 1.54) is 4.90 Å². The number of likely N-dealkylation sites (tertiary alicyclic amines) is 1. The van der Waals surface area contributed by atoms with E-state index in [-0.39, 0.29) is 37.6 Å². The molecule has 3 N–H and O–H groups in total. The normalized spacial score (nSPS) is 30.0. The molecule has 0 aliphatic carbocycles. The van der Waals surface area contributed by atoms with E-state index in [2.05, 4.69) is 20.9 Å². The molecule has 12 nitrogen and oxygen atoms in total. The zero-order chi connectivity index (χ0) is 28.9. The predicted molar refractivity (Wildman–Crippen MR) is 147 cm³/mol. The molecule has 41 heavy (non-hydrogen) atoms. The van der Waals surface area contributed by atoms with E-state index < -0.39 is 35.0 Å². The first-order valence-electron chi connectivity index (χ1n) is 13.9. The van der Waals surface area contributed by atoms with Gasteiger partial charge in [-0.05, 0) is 62.6 Å². The summed E-state index contributed by atoms with van der Waals surface area (Å²) < 4.78 is 13.7. The fourth-order valence-corrected chi connectivity index (χ4v) is 7.09. The minimum absolute atomic E-state index is 0.0340. The van der Waals surface area contributed by atoms with Crippen LogP contribution in [0.25, 0.3) is 11.0 Å². The minimum Gasteiger partial charge on any atom is -0.494 e. The van der Waals surface area contributed by atoms with Crippen LogP contribution in [-0.2, 0) is 25.8 Å². The van der Waals surface area contributed by atoms with E-state index in [4.69, 9.17) is 9.47 Å². The van der Waals surface area contributed by atoms with Crippen LogP contribution in [0.5, 0.6) is 5.75 Å². The van der Waals surface area contributed by atoms with Gasteiger partial charge >= 0.3 is 0 Å². The average Bonchev–Trinajstić information content (AvgIpc) is 3.62. The summed E-state index contributed by atoms with van der Waals surface area (Å²) >= 11 is 0. The minimum atomic E-state index is -1.21. The number of β-amino-alcohol motifs (C(OH)–C–C–N with tert-alkyl or cyclic N) is 1. The Bertz CT molecular complexity index is 1490. The van der Waals surface area contributed by atoms with E-state index in [9.17, 15) is 19.5 Å². The summed E-state index contributed by atoms with van der Waals surface area (Å²) in [5, 5.41) is 23.9. The van der Waals surface area contributed by atoms with Crippen LogP contribution in [0, 0.1) is 17.8 Å². The van der Waals surface area contributed by atoms with Crippen molar-refractivity contribution in [2.45, 2.75) is 51.1 Å². The van der Waals surface area contributed by atoms with Crippen LogP contribution >= 0.6 is 0 Å². The number of fused-ring (bicyclic) bond motifs is 2. The standard InChI is InChI=1S/C29H34N6O6/c1-4-40-19-11-9-18(10-12-19)31-25(37)22-23-27(39)34(13-14-36)24(29(23)15-17(2)28(22,3)41-29)26(38)30-16-35-21-8-6-5-7-20(21)32-33-35/h5-12,17,22-24,36H,4,13-16H2,1-3H3,(H,30,38)(H,31,37)/t17?,22-,23-,24?,28+,29?/m0/s1. The van der Waals surface area contributed by atoms with Crippen LogP contribution in [0.1, 0.15) is 27.2 Å². The fourth-order valence-electron chi connectivity index (χ4n) is 7.09. The van der Waals surface area contributed by atoms with Crippen molar-refractivity contribution in [3.63, 3.8) is 0 Å². The SMILES string of the molecule is CCOc1ccc(NC(=O)[C@@H]2[C@H]3C(=O)N(CCO)C(C(=O)NCn4nnc5ccccc54)C34CC(C)[C@@]2(C)O4)cc1. The van der Waals surface area contributed by atoms with Crippen molar-refractivity contribution in [3.05, 3.63) is 48.5 Å². The lowest BCUT2D eigenvalue weighted by Crippen LogP contribution is -2.56. The van der Waals surface area contributed by atoms with Crippen LogP contribution in [0.4, 0.5) is 5.69 Å². The summed E-state index contributed by atoms with van der Waals surface area (Å²) in [6.07, 6.45) is 0.430. The number of aliphatic hydroxyl groups excluding tert-OH is 1. The van der Waals surface area contributed by atoms with Gasteiger partial charge in [0.15, 0.2) is 0 Å². The molecule has 3 aliphatic heterocycles. The topological polar surface area (TPSA) is 148 Å². The number of hydrogen-bond acceptors (Lipinski definition) is 8. The summed E-state index contributed by atoms with van der Waals surface area (Å²) in [5.41, 5.74) is -0.154. The first kappa shape index (κ1) is 27.2. The Morgan fingerprint density at radius 1 is 1.17 bits per heavy atom. The third-order valence-electron chi connectivity index (χ3n) is 8.94. The number of benzene rings is 2. The van der Waals surface area contributed by atoms with Gasteiger partial charge in [0.2, 0.25) is 17.7 Å². The molecule has 6 atom stereocenters. The number of ether oxygens (including phenoxy) is 2. The number of para-hydroxylation sites is 1. The molecule has 6 rings (SSSR count). The maximum atomic E-state index is 13.9. The zero-order valence-corrected chi connectivity index (χ0v) is 23.2. The van der Waals surface area contributed by atoms with Crippen molar-refractivity contribution in [1.82, 2.24) is 25.2 Å². The van der Waals surface area contributed by atoms with Gasteiger partial charge in [0, 0.05) is 12.2 Å². The average molecular weight is 563 g/mol. The van der Waals surface area contributed by atoms with E-state index in [1.54, 1.807) is 28.9 Å². The number of hydrogen-bond donors (Lipinski definition) is 3. The molecule has 4 heterocycles. The predicted octanol–water partition coefficient (Wildman–Crippen LogP) is 1.55. The summed E-state index contributed by atoms with van der Waals surface area (Å²) in [6, 6.07) is 13.4. The number of anilines is 1. The van der Waals surface area contributed by atoms with Crippen molar-refractivity contribution in [2.24, 2.45) is 17.8 Å². The van der Waals surface area contributed by atoms with Crippen LogP contribution in [-0.4, -0.2) is 79.7 Å². The summed E-state index contributed by atoms with van der Waals surface area (Å²) in [6.45, 7) is 5.91. The van der Waals surface area contributed by atoms with Crippen molar-refractivity contribution in [1.29, 1.82) is 0 Å². The molecule has 2 aromatic carbocycles. The zero-order valence-electron chi connectivity index (χ0n) is 23.2. The number of carbonyl (C=O) groups is 3. The molecule has 3 unspecified atom stereocenters. The van der Waals surface area contributed by atoms with Gasteiger partial charge in [0.25, 0.3) is 0 Å². The third kappa shape index (κ3) is 4.15. The Morgan fingerprint density at radius 3 is 2.66 bits per heavy atom. The van der Waals surface area contributed by atoms with Crippen LogP contribution in [0.2, 0.25) is 0 Å². The maximum absolute atomic E-state index is 13.9. The maximum Gasteiger partial charge on any atom is 0.247 e. The van der Waals surface area contributed by atoms with Gasteiger partial charge in [0.1, 0.15) is 29.6 Å². The van der Waals surface area contributed by atoms with Crippen LogP contribution in [0.3, 0.4) is 0 Å². The molecule has 3 aromatic rings. The molecule has 3 fully saturated rings. The molecule has 0 saturated carbocycles. The van der Waals surface area contributed by atoms with Crippen LogP contribution < -0.4 is 15.4 Å². The highest BCUT2D eigenvalue weighted by atomic mass is 16.5. The molecule has 1 aromatic heterocycles. The second-order valence-electron chi connectivity index (χ2n) is 11.2. The molecule has 216 valence electrons. The monoisotopic (exact) mass is 562 g/mol. The first-order valence-corrected chi connectivity index (χ1v) is 13.9. The van der Waals surface area contributed by atoms with Crippen molar-refractivity contribution in [2.75, 3.05) is 25.1 Å². The number of aromatic nitrogens is 3. The van der Waals surface area contributed by atoms with E-state index in [0.29, 0.717) is 30.0 Å². The molecular weight excluding hydrogens is 528 g/mol. The molecule has 0 radical (unpaired) electrons. The molecule has 2 bridgehead atoms. The van der Waals surface area contributed by atoms with Gasteiger partial charge in [-0.25, -0.2) is 4.68 Å². The van der Waals surface area contributed by atoms with E-state index >= 15 is 0 Å². The highest BCUT2D eigenvalue weighted by molar-refractivity contribution is 6.02. The van der Waals surface area contributed by atoms with Gasteiger partial charge in [-0.1, -0.05) is 24.3 Å². The van der Waals surface area contributed by atoms with Crippen LogP contribution in [0.15, 0.2) is 48.5 Å². The van der Waals surface area contributed by atoms with Crippen molar-refractivity contribution in [3.8, 4) is 5.75 Å². The number of nitrogens with one attached hydrogen (secondary N) is 2. The van der Waals surface area contributed by atoms with E-state index in [1.807, 2.05) is 45.0 Å². The summed E-state index contributed by atoms with van der Waals surface area (Å²) in [7, 11) is 0. The second-order valence-corrected chi connectivity index (χ2v) is 11.2. The summed E-state index contributed by atoms with van der Waals surface area (Å²) in [4.78, 5) is 43.0. The fraction of sp³-hybridized carbons (Fsp3) is 0.483. The lowest BCUT2D eigenvalue weighted by molar-refractivity contribution is -0.146. The first-order chi connectivity index (χ1) is 19.7. The molecular formula is C29H34N6O6. The lowest BCUT2D eigenvalue weighted by Gasteiger charge is -2.36. The lowest BCUT2D eigenvalue weighted by atomic mass is 9.62. The molecule has 12 heteroatoms. The molecule has 3 aliphatic rings. The number of aliphatic hydroxyl groups is 1. The van der Waals surface area contributed by atoms with Crippen molar-refractivity contribution >= 4 is 34.4 Å². The Kier molecular flexibility index (Phi) is 6.69. The number of rotatable bonds is 9. The molecule has 3 saturated heterocycles. The molecule has 3 amide bonds. The Balaban J connectivity index is 1.28. The quantitative estimate of drug-likeness (QED) is 0.356. The van der Waals surface area contributed by atoms with Gasteiger partial charge in [0.05, 0.1) is 36.2 Å².